The molecule has 0 unspecified atom stereocenters. The van der Waals surface area contributed by atoms with E-state index < -0.39 is 0 Å². The van der Waals surface area contributed by atoms with Gasteiger partial charge in [0, 0.05) is 6.92 Å². The molecular weight excluding hydrogens is 210 g/mol. The number of rotatable bonds is 3. The van der Waals surface area contributed by atoms with E-state index in [-0.39, 0.29) is 5.78 Å². The lowest BCUT2D eigenvalue weighted by Crippen LogP contribution is -1.96. The van der Waals surface area contributed by atoms with E-state index in [2.05, 4.69) is 4.98 Å². The van der Waals surface area contributed by atoms with Crippen LogP contribution in [-0.2, 0) is 0 Å². The monoisotopic (exact) mass is 223 g/mol. The Morgan fingerprint density at radius 1 is 1.00 bits per heavy atom. The predicted molar refractivity (Wildman–Crippen MR) is 69.6 cm³/mol. The number of ketones is 1. The van der Waals surface area contributed by atoms with Gasteiger partial charge < -0.3 is 0 Å². The minimum absolute atomic E-state index is 0.0139. The maximum absolute atomic E-state index is 11.2. The highest BCUT2D eigenvalue weighted by molar-refractivity contribution is 5.92. The highest BCUT2D eigenvalue weighted by atomic mass is 16.1. The molecule has 2 aromatic rings. The van der Waals surface area contributed by atoms with E-state index in [1.54, 1.807) is 6.07 Å². The Labute approximate surface area is 101 Å². The van der Waals surface area contributed by atoms with E-state index >= 15 is 0 Å². The van der Waals surface area contributed by atoms with Gasteiger partial charge in [-0.2, -0.15) is 0 Å². The molecule has 1 aromatic heterocycles. The fourth-order valence-corrected chi connectivity index (χ4v) is 1.49. The molecule has 17 heavy (non-hydrogen) atoms. The van der Waals surface area contributed by atoms with E-state index in [1.807, 2.05) is 54.6 Å². The van der Waals surface area contributed by atoms with Gasteiger partial charge in [-0.05, 0) is 23.8 Å². The molecule has 84 valence electrons. The smallest absolute Gasteiger partial charge is 0.178 e. The number of benzene rings is 1. The molecule has 0 aliphatic carbocycles. The second-order valence-electron chi connectivity index (χ2n) is 3.75. The van der Waals surface area contributed by atoms with Crippen LogP contribution in [-0.4, -0.2) is 10.8 Å². The van der Waals surface area contributed by atoms with Gasteiger partial charge in [0.05, 0.1) is 5.69 Å². The fourth-order valence-electron chi connectivity index (χ4n) is 1.49. The third-order valence-corrected chi connectivity index (χ3v) is 2.38. The van der Waals surface area contributed by atoms with Crippen LogP contribution in [0.3, 0.4) is 0 Å². The maximum Gasteiger partial charge on any atom is 0.178 e. The molecule has 0 aliphatic rings. The molecule has 2 heteroatoms. The third-order valence-electron chi connectivity index (χ3n) is 2.38. The highest BCUT2D eigenvalue weighted by Gasteiger charge is 1.99. The summed E-state index contributed by atoms with van der Waals surface area (Å²) in [5.41, 5.74) is 2.41. The lowest BCUT2D eigenvalue weighted by molar-refractivity contribution is 0.101. The van der Waals surface area contributed by atoms with Crippen molar-refractivity contribution in [1.29, 1.82) is 0 Å². The minimum atomic E-state index is -0.0139. The summed E-state index contributed by atoms with van der Waals surface area (Å²) in [4.78, 5) is 15.4. The molecule has 0 radical (unpaired) electrons. The highest BCUT2D eigenvalue weighted by Crippen LogP contribution is 2.07. The summed E-state index contributed by atoms with van der Waals surface area (Å²) in [6.45, 7) is 1.52. The van der Waals surface area contributed by atoms with Crippen LogP contribution in [0.2, 0.25) is 0 Å². The summed E-state index contributed by atoms with van der Waals surface area (Å²) in [6, 6.07) is 15.4. The van der Waals surface area contributed by atoms with Crippen molar-refractivity contribution in [2.75, 3.05) is 0 Å². The van der Waals surface area contributed by atoms with Crippen LogP contribution in [0.1, 0.15) is 28.7 Å². The number of hydrogen-bond donors (Lipinski definition) is 0. The average Bonchev–Trinajstić information content (AvgIpc) is 2.38. The summed E-state index contributed by atoms with van der Waals surface area (Å²) in [7, 11) is 0. The molecule has 0 fully saturated rings. The fraction of sp³-hybridized carbons (Fsp3) is 0.0667. The van der Waals surface area contributed by atoms with Crippen LogP contribution in [0.4, 0.5) is 0 Å². The van der Waals surface area contributed by atoms with Gasteiger partial charge in [0.15, 0.2) is 5.78 Å². The Morgan fingerprint density at radius 3 is 2.47 bits per heavy atom. The van der Waals surface area contributed by atoms with Crippen molar-refractivity contribution in [2.24, 2.45) is 0 Å². The molecule has 0 N–H and O–H groups in total. The van der Waals surface area contributed by atoms with Gasteiger partial charge in [-0.3, -0.25) is 4.79 Å². The summed E-state index contributed by atoms with van der Waals surface area (Å²) < 4.78 is 0. The first-order valence-corrected chi connectivity index (χ1v) is 5.47. The number of hydrogen-bond acceptors (Lipinski definition) is 2. The molecule has 2 nitrogen and oxygen atoms in total. The van der Waals surface area contributed by atoms with Gasteiger partial charge in [-0.15, -0.1) is 0 Å². The standard InChI is InChI=1S/C15H13NO/c1-12(17)15-9-5-8-14(16-15)11-10-13-6-3-2-4-7-13/h2-11H,1H3/b11-10+. The zero-order valence-corrected chi connectivity index (χ0v) is 9.63. The van der Waals surface area contributed by atoms with Gasteiger partial charge in [0.1, 0.15) is 5.69 Å². The zero-order chi connectivity index (χ0) is 12.1. The molecule has 0 saturated heterocycles. The van der Waals surface area contributed by atoms with E-state index in [0.717, 1.165) is 11.3 Å². The Balaban J connectivity index is 2.22. The average molecular weight is 223 g/mol. The van der Waals surface area contributed by atoms with Gasteiger partial charge in [-0.25, -0.2) is 4.98 Å². The molecule has 0 bridgehead atoms. The van der Waals surface area contributed by atoms with Crippen LogP contribution in [0.5, 0.6) is 0 Å². The molecular formula is C15H13NO. The summed E-state index contributed by atoms with van der Waals surface area (Å²) in [5.74, 6) is -0.0139. The lowest BCUT2D eigenvalue weighted by atomic mass is 10.2. The van der Waals surface area contributed by atoms with E-state index in [0.29, 0.717) is 5.69 Å². The Bertz CT molecular complexity index is 544. The number of pyridine rings is 1. The first-order chi connectivity index (χ1) is 8.25. The van der Waals surface area contributed by atoms with Crippen molar-refractivity contribution >= 4 is 17.9 Å². The quantitative estimate of drug-likeness (QED) is 0.746. The maximum atomic E-state index is 11.2. The third kappa shape index (κ3) is 3.11. The van der Waals surface area contributed by atoms with E-state index in [9.17, 15) is 4.79 Å². The van der Waals surface area contributed by atoms with Crippen molar-refractivity contribution in [3.63, 3.8) is 0 Å². The number of carbonyl (C=O) groups excluding carboxylic acids is 1. The number of Topliss-reactive ketones (excluding diaryl/α,β-unsaturated/α-hetero) is 1. The van der Waals surface area contributed by atoms with E-state index in [4.69, 9.17) is 0 Å². The molecule has 0 spiro atoms. The number of nitrogens with zero attached hydrogens (tertiary/aromatic N) is 1. The minimum Gasteiger partial charge on any atom is -0.293 e. The Morgan fingerprint density at radius 2 is 1.76 bits per heavy atom. The van der Waals surface area contributed by atoms with Crippen molar-refractivity contribution in [3.8, 4) is 0 Å². The second-order valence-corrected chi connectivity index (χ2v) is 3.75. The van der Waals surface area contributed by atoms with Gasteiger partial charge >= 0.3 is 0 Å². The number of carbonyl (C=O) groups is 1. The van der Waals surface area contributed by atoms with Crippen molar-refractivity contribution in [1.82, 2.24) is 4.98 Å². The topological polar surface area (TPSA) is 30.0 Å². The van der Waals surface area contributed by atoms with Crippen LogP contribution in [0.15, 0.2) is 48.5 Å². The first kappa shape index (κ1) is 11.3. The van der Waals surface area contributed by atoms with Gasteiger partial charge in [0.25, 0.3) is 0 Å². The SMILES string of the molecule is CC(=O)c1cccc(/C=C/c2ccccc2)n1. The van der Waals surface area contributed by atoms with Crippen LogP contribution in [0, 0.1) is 0 Å². The first-order valence-electron chi connectivity index (χ1n) is 5.47. The van der Waals surface area contributed by atoms with Gasteiger partial charge in [-0.1, -0.05) is 42.5 Å². The summed E-state index contributed by atoms with van der Waals surface area (Å²) in [6.07, 6.45) is 3.88. The molecule has 0 saturated carbocycles. The molecule has 0 atom stereocenters. The molecule has 0 aliphatic heterocycles. The molecule has 1 aromatic carbocycles. The normalized spacial score (nSPS) is 10.6. The van der Waals surface area contributed by atoms with Crippen molar-refractivity contribution in [2.45, 2.75) is 6.92 Å². The summed E-state index contributed by atoms with van der Waals surface area (Å²) in [5, 5.41) is 0. The number of aromatic nitrogens is 1. The predicted octanol–water partition coefficient (Wildman–Crippen LogP) is 3.45. The van der Waals surface area contributed by atoms with Crippen molar-refractivity contribution < 1.29 is 4.79 Å². The molecule has 1 heterocycles. The largest absolute Gasteiger partial charge is 0.293 e. The van der Waals surface area contributed by atoms with E-state index in [1.165, 1.54) is 6.92 Å². The van der Waals surface area contributed by atoms with Gasteiger partial charge in [0.2, 0.25) is 0 Å². The summed E-state index contributed by atoms with van der Waals surface area (Å²) >= 11 is 0. The Hall–Kier alpha value is -2.22. The van der Waals surface area contributed by atoms with Crippen LogP contribution < -0.4 is 0 Å². The van der Waals surface area contributed by atoms with Crippen LogP contribution in [0.25, 0.3) is 12.2 Å². The zero-order valence-electron chi connectivity index (χ0n) is 9.63. The lowest BCUT2D eigenvalue weighted by Gasteiger charge is -1.97. The molecule has 0 amide bonds. The Kier molecular flexibility index (Phi) is 3.46. The van der Waals surface area contributed by atoms with Crippen LogP contribution >= 0.6 is 0 Å². The molecule has 2 rings (SSSR count). The van der Waals surface area contributed by atoms with Crippen molar-refractivity contribution in [3.05, 3.63) is 65.5 Å². The second kappa shape index (κ2) is 5.21.